The first-order valence-corrected chi connectivity index (χ1v) is 35.9. The predicted molar refractivity (Wildman–Crippen MR) is 384 cm³/mol. The van der Waals surface area contributed by atoms with Crippen LogP contribution in [0.25, 0.3) is 71.3 Å². The van der Waals surface area contributed by atoms with Gasteiger partial charge in [-0.2, -0.15) is 0 Å². The Kier molecular flexibility index (Phi) is 12.1. The van der Waals surface area contributed by atoms with Crippen molar-refractivity contribution in [1.82, 2.24) is 11.9 Å². The van der Waals surface area contributed by atoms with Crippen molar-refractivity contribution in [2.24, 2.45) is 71.7 Å². The van der Waals surface area contributed by atoms with Crippen molar-refractivity contribution >= 4 is 130 Å². The van der Waals surface area contributed by atoms with Crippen LogP contribution in [-0.2, 0) is 18.6 Å². The summed E-state index contributed by atoms with van der Waals surface area (Å²) in [6.45, 7) is 0. The first-order valence-electron chi connectivity index (χ1n) is 32.6. The number of aromatic nitrogens is 2. The van der Waals surface area contributed by atoms with Crippen LogP contribution in [0.5, 0.6) is 0 Å². The molecule has 0 spiro atoms. The molecule has 2 aromatic heterocycles. The molecule has 19 heteroatoms. The quantitative estimate of drug-likeness (QED) is 0.148. The van der Waals surface area contributed by atoms with Gasteiger partial charge in [0.25, 0.3) is 0 Å². The zero-order valence-electron chi connectivity index (χ0n) is 52.0. The van der Waals surface area contributed by atoms with Crippen molar-refractivity contribution in [3.05, 3.63) is 336 Å². The van der Waals surface area contributed by atoms with Crippen LogP contribution in [0.1, 0.15) is 44.5 Å². The van der Waals surface area contributed by atoms with E-state index in [0.717, 1.165) is 120 Å². The molecule has 9 aliphatic heterocycles. The molecule has 459 valence electrons. The third-order valence-corrected chi connectivity index (χ3v) is 24.3. The van der Waals surface area contributed by atoms with E-state index >= 15 is 0 Å². The summed E-state index contributed by atoms with van der Waals surface area (Å²) >= 11 is -4.07. The second kappa shape index (κ2) is 21.3. The Labute approximate surface area is 579 Å². The normalized spacial score (nSPS) is 22.0. The predicted octanol–water partition coefficient (Wildman–Crippen LogP) is 9.48. The van der Waals surface area contributed by atoms with Crippen molar-refractivity contribution in [3.63, 3.8) is 0 Å². The average molecular weight is 1370 g/mol. The van der Waals surface area contributed by atoms with Crippen LogP contribution in [0, 0.1) is 11.8 Å². The minimum Gasteiger partial charge on any atom is 2.00 e. The van der Waals surface area contributed by atoms with E-state index in [-0.39, 0.29) is 30.4 Å². The maximum absolute atomic E-state index is 13.5. The zero-order valence-corrected chi connectivity index (χ0v) is 55.8. The Balaban J connectivity index is 0.000000138. The number of amidine groups is 8. The first-order chi connectivity index (χ1) is 48.4. The summed E-state index contributed by atoms with van der Waals surface area (Å²) in [7, 11) is 0. The summed E-state index contributed by atoms with van der Waals surface area (Å²) < 4.78 is 17.7. The van der Waals surface area contributed by atoms with Gasteiger partial charge in [0.2, 0.25) is 0 Å². The van der Waals surface area contributed by atoms with Gasteiger partial charge in [-0.05, 0) is 16.3 Å². The third-order valence-electron chi connectivity index (χ3n) is 20.1. The molecule has 1 radical (unpaired) electrons. The van der Waals surface area contributed by atoms with E-state index in [4.69, 9.17) is 70.2 Å². The van der Waals surface area contributed by atoms with Gasteiger partial charge in [-0.25, -0.2) is 9.98 Å². The fourth-order valence-electron chi connectivity index (χ4n) is 15.5. The molecule has 99 heavy (non-hydrogen) atoms. The van der Waals surface area contributed by atoms with Crippen LogP contribution in [0.3, 0.4) is 0 Å². The van der Waals surface area contributed by atoms with Gasteiger partial charge in [0, 0.05) is 39.1 Å². The number of hydrogen-bond donors (Lipinski definition) is 1. The van der Waals surface area contributed by atoms with Gasteiger partial charge in [0.15, 0.2) is 5.84 Å². The summed E-state index contributed by atoms with van der Waals surface area (Å²) in [5, 5.41) is 17.3. The first kappa shape index (κ1) is 56.3. The molecule has 2 aliphatic carbocycles. The van der Waals surface area contributed by atoms with Gasteiger partial charge in [-0.15, -0.1) is 0 Å². The van der Waals surface area contributed by atoms with Crippen molar-refractivity contribution < 1.29 is 22.5 Å². The Morgan fingerprint density at radius 1 is 0.384 bits per heavy atom. The molecule has 4 atom stereocenters. The molecule has 10 aromatic carbocycles. The van der Waals surface area contributed by atoms with Gasteiger partial charge < -0.3 is 25.3 Å². The molecule has 0 fully saturated rings. The molecule has 14 bridgehead atoms. The number of fused-ring (bicyclic) bond motifs is 34. The average Bonchev–Trinajstić information content (AvgIpc) is 1.55. The smallest absolute Gasteiger partial charge is 2.00 e. The minimum absolute atomic E-state index is 0. The second-order valence-corrected chi connectivity index (χ2v) is 29.3. The van der Waals surface area contributed by atoms with Crippen LogP contribution in [-0.4, -0.2) is 86.9 Å². The Morgan fingerprint density at radius 2 is 0.828 bits per heavy atom. The van der Waals surface area contributed by atoms with E-state index in [2.05, 4.69) is 161 Å². The van der Waals surface area contributed by atoms with Crippen molar-refractivity contribution in [2.45, 2.75) is 12.3 Å². The van der Waals surface area contributed by atoms with Crippen LogP contribution in [0.4, 0.5) is 0 Å². The largest absolute Gasteiger partial charge is 2.00 e. The fourth-order valence-corrected chi connectivity index (χ4v) is 19.8. The van der Waals surface area contributed by atoms with E-state index in [9.17, 15) is 3.90 Å². The van der Waals surface area contributed by atoms with E-state index in [1.165, 1.54) is 0 Å². The fraction of sp³-hybridized carbons (Fsp3) is 0.0500. The molecular formula is C80H45GaN16OV. The summed E-state index contributed by atoms with van der Waals surface area (Å²) in [4.78, 5) is 67.2. The summed E-state index contributed by atoms with van der Waals surface area (Å²) in [5.41, 5.74) is 11.7. The van der Waals surface area contributed by atoms with Gasteiger partial charge in [-0.1, -0.05) is 103 Å². The summed E-state index contributed by atoms with van der Waals surface area (Å²) in [5.74, 6) is 5.69. The number of nitrogens with zero attached hydrogens (tertiary/aromatic N) is 16. The van der Waals surface area contributed by atoms with Gasteiger partial charge in [0.05, 0.1) is 23.7 Å². The van der Waals surface area contributed by atoms with E-state index in [1.54, 1.807) is 0 Å². The van der Waals surface area contributed by atoms with Gasteiger partial charge in [0.1, 0.15) is 0 Å². The van der Waals surface area contributed by atoms with Crippen molar-refractivity contribution in [1.29, 1.82) is 0 Å². The number of rotatable bonds is 0. The van der Waals surface area contributed by atoms with E-state index in [1.807, 2.05) is 88.2 Å². The summed E-state index contributed by atoms with van der Waals surface area (Å²) in [6.07, 6.45) is 11.8. The topological polar surface area (TPSA) is 205 Å². The van der Waals surface area contributed by atoms with Crippen LogP contribution >= 0.6 is 0 Å². The number of benzene rings is 10. The molecule has 1 N–H and O–H groups in total. The van der Waals surface area contributed by atoms with Crippen LogP contribution < -0.4 is 37.4 Å². The standard InChI is InChI=1S/C48H26N8.C32H18N8.Ga.H2O.V/c1-2-10-26-18-34-33(17-25(26)9-1)41-49-42(34)54-44-37-21-29-13-5-6-14-30(29)22-38(37)46(51-44)56-48-40-24-32-16-8-7-15-31(32)23-39(40)47(52-48)55-45-36-20-28-12-4-3-11-27(28)19-35(36)43(50-45)53-41;1-2-10-18-17(9-1)25-33-26(18)38-28-21-13-5-6-14-22(21)30(35-28)40-32-24-16-8-7-15-23(24)31(36-32)39-29-20-12-4-3-11-19(20)27(34-29)37-25;;;/h1-24,33,41H;1-17,25H;;1H2;/q2*-2;+3;;+2/p-1. The SMILES string of the molecule is C1=CC2=C3/N=C4\N=C(N=c5[n-]c(c6ccccc56)=NC5=N/C(=N\C([N-]3)C2C=C1)c1ccccc15)c1ccccc14.[OH][Ga]1[N]2C3=C4C=c5ccccc5=CC4C2/N=C2\N=C(N=c4c5cc6ccccc6cc5c([n]41)=NC1=N/C(=N\3)c3cc4ccccc4cc31)c1cc3ccccc3cc12.[V+2]. The molecule has 4 unspecified atom stereocenters. The van der Waals surface area contributed by atoms with E-state index in [0.29, 0.717) is 80.3 Å². The van der Waals surface area contributed by atoms with Gasteiger partial charge in [-0.3, -0.25) is 4.99 Å². The van der Waals surface area contributed by atoms with Crippen molar-refractivity contribution in [2.75, 3.05) is 0 Å². The Bertz CT molecular complexity index is 6620. The molecule has 23 rings (SSSR count). The number of aliphatic imine (C=N–C) groups is 8. The Morgan fingerprint density at radius 3 is 1.39 bits per heavy atom. The van der Waals surface area contributed by atoms with E-state index < -0.39 is 29.4 Å². The molecule has 17 nitrogen and oxygen atoms in total. The monoisotopic (exact) mass is 1370 g/mol. The van der Waals surface area contributed by atoms with Crippen molar-refractivity contribution in [3.8, 4) is 0 Å². The molecule has 0 saturated heterocycles. The molecule has 12 aromatic rings. The number of hydrogen-bond acceptors (Lipinski definition) is 14. The Hall–Kier alpha value is -11.9. The molecule has 11 heterocycles. The molecular weight excluding hydrogens is 1320 g/mol. The van der Waals surface area contributed by atoms with Crippen LogP contribution in [0.15, 0.2) is 313 Å². The molecule has 0 amide bonds. The second-order valence-electron chi connectivity index (χ2n) is 25.6. The maximum atomic E-state index is 13.5. The molecule has 0 saturated carbocycles. The number of allylic oxidation sites excluding steroid dienone is 3. The van der Waals surface area contributed by atoms with Crippen LogP contribution in [0.2, 0.25) is 0 Å². The minimum atomic E-state index is -4.07. The third kappa shape index (κ3) is 8.47. The molecule has 11 aliphatic rings. The van der Waals surface area contributed by atoms with Gasteiger partial charge >= 0.3 is 356 Å². The zero-order chi connectivity index (χ0) is 64.0. The summed E-state index contributed by atoms with van der Waals surface area (Å²) in [6, 6.07) is 70.6. The maximum Gasteiger partial charge on any atom is 2.00 e.